The number of methoxy groups -OCH3 is 1. The molecule has 1 N–H and O–H groups in total. The van der Waals surface area contributed by atoms with Crippen LogP contribution < -0.4 is 16.6 Å². The van der Waals surface area contributed by atoms with Crippen LogP contribution in [-0.2, 0) is 16.1 Å². The van der Waals surface area contributed by atoms with E-state index in [0.29, 0.717) is 29.1 Å². The lowest BCUT2D eigenvalue weighted by atomic mass is 10.1. The van der Waals surface area contributed by atoms with Gasteiger partial charge in [0, 0.05) is 13.7 Å². The summed E-state index contributed by atoms with van der Waals surface area (Å²) in [7, 11) is 1.55. The van der Waals surface area contributed by atoms with Crippen LogP contribution in [-0.4, -0.2) is 35.3 Å². The highest BCUT2D eigenvalue weighted by molar-refractivity contribution is 7.17. The van der Waals surface area contributed by atoms with Crippen LogP contribution in [0.4, 0.5) is 0 Å². The van der Waals surface area contributed by atoms with E-state index in [4.69, 9.17) is 4.74 Å². The number of hydrogen-bond acceptors (Lipinski definition) is 5. The van der Waals surface area contributed by atoms with E-state index in [9.17, 15) is 14.4 Å². The maximum Gasteiger partial charge on any atom is 0.336 e. The first-order chi connectivity index (χ1) is 12.9. The molecular formula is C19H21N3O4S. The van der Waals surface area contributed by atoms with Gasteiger partial charge in [0.2, 0.25) is 5.91 Å². The predicted molar refractivity (Wildman–Crippen MR) is 106 cm³/mol. The summed E-state index contributed by atoms with van der Waals surface area (Å²) in [6.45, 7) is 4.32. The molecule has 0 aliphatic carbocycles. The van der Waals surface area contributed by atoms with Gasteiger partial charge in [0.15, 0.2) is 0 Å². The van der Waals surface area contributed by atoms with Crippen LogP contribution in [0, 0.1) is 13.8 Å². The Kier molecular flexibility index (Phi) is 5.57. The SMILES string of the molecule is COCCNC(=O)Cn1c(=O)n(-c2cc(C)ccc2C)c(=O)c2sccc21. The van der Waals surface area contributed by atoms with Gasteiger partial charge >= 0.3 is 5.69 Å². The molecule has 7 nitrogen and oxygen atoms in total. The molecular weight excluding hydrogens is 366 g/mol. The lowest BCUT2D eigenvalue weighted by Gasteiger charge is -2.14. The summed E-state index contributed by atoms with van der Waals surface area (Å²) >= 11 is 1.26. The third-order valence-electron chi connectivity index (χ3n) is 4.29. The Morgan fingerprint density at radius 3 is 2.74 bits per heavy atom. The number of fused-ring (bicyclic) bond motifs is 1. The standard InChI is InChI=1S/C19H21N3O4S/c1-12-4-5-13(2)15(10-12)22-18(24)17-14(6-9-27-17)21(19(22)25)11-16(23)20-7-8-26-3/h4-6,9-10H,7-8,11H2,1-3H3,(H,20,23). The lowest BCUT2D eigenvalue weighted by molar-refractivity contribution is -0.121. The van der Waals surface area contributed by atoms with Crippen LogP contribution in [0.5, 0.6) is 0 Å². The van der Waals surface area contributed by atoms with Crippen molar-refractivity contribution in [1.29, 1.82) is 0 Å². The molecule has 8 heteroatoms. The van der Waals surface area contributed by atoms with Gasteiger partial charge in [0.05, 0.1) is 17.8 Å². The minimum absolute atomic E-state index is 0.166. The van der Waals surface area contributed by atoms with Crippen molar-refractivity contribution in [3.63, 3.8) is 0 Å². The predicted octanol–water partition coefficient (Wildman–Crippen LogP) is 1.59. The van der Waals surface area contributed by atoms with Gasteiger partial charge < -0.3 is 10.1 Å². The largest absolute Gasteiger partial charge is 0.383 e. The topological polar surface area (TPSA) is 82.3 Å². The molecule has 2 heterocycles. The van der Waals surface area contributed by atoms with Gasteiger partial charge in [-0.05, 0) is 42.5 Å². The number of carbonyl (C=O) groups excluding carboxylic acids is 1. The van der Waals surface area contributed by atoms with Gasteiger partial charge in [-0.2, -0.15) is 0 Å². The van der Waals surface area contributed by atoms with Crippen molar-refractivity contribution in [3.8, 4) is 5.69 Å². The van der Waals surface area contributed by atoms with Gasteiger partial charge in [-0.1, -0.05) is 12.1 Å². The fourth-order valence-electron chi connectivity index (χ4n) is 2.90. The zero-order chi connectivity index (χ0) is 19.6. The van der Waals surface area contributed by atoms with E-state index >= 15 is 0 Å². The number of nitrogens with one attached hydrogen (secondary N) is 1. The van der Waals surface area contributed by atoms with E-state index < -0.39 is 5.69 Å². The van der Waals surface area contributed by atoms with E-state index in [0.717, 1.165) is 15.7 Å². The number of rotatable bonds is 6. The first kappa shape index (κ1) is 19.1. The van der Waals surface area contributed by atoms with Crippen LogP contribution in [0.1, 0.15) is 11.1 Å². The summed E-state index contributed by atoms with van der Waals surface area (Å²) < 4.78 is 7.86. The fraction of sp³-hybridized carbons (Fsp3) is 0.316. The van der Waals surface area contributed by atoms with E-state index in [-0.39, 0.29) is 18.0 Å². The summed E-state index contributed by atoms with van der Waals surface area (Å²) in [5, 5.41) is 4.45. The van der Waals surface area contributed by atoms with Crippen LogP contribution in [0.2, 0.25) is 0 Å². The molecule has 0 atom stereocenters. The Morgan fingerprint density at radius 2 is 2.00 bits per heavy atom. The molecule has 0 fully saturated rings. The zero-order valence-electron chi connectivity index (χ0n) is 15.4. The maximum atomic E-state index is 13.2. The minimum Gasteiger partial charge on any atom is -0.383 e. The van der Waals surface area contributed by atoms with Crippen LogP contribution in [0.15, 0.2) is 39.2 Å². The molecule has 0 aliphatic heterocycles. The second-order valence-corrected chi connectivity index (χ2v) is 7.19. The Morgan fingerprint density at radius 1 is 1.22 bits per heavy atom. The summed E-state index contributed by atoms with van der Waals surface area (Å²) in [6, 6.07) is 7.30. The van der Waals surface area contributed by atoms with E-state index in [2.05, 4.69) is 5.32 Å². The number of hydrogen-bond donors (Lipinski definition) is 1. The zero-order valence-corrected chi connectivity index (χ0v) is 16.3. The van der Waals surface area contributed by atoms with Crippen LogP contribution in [0.25, 0.3) is 15.9 Å². The molecule has 0 saturated heterocycles. The van der Waals surface area contributed by atoms with Crippen molar-refractivity contribution in [2.24, 2.45) is 0 Å². The normalized spacial score (nSPS) is 11.1. The number of benzene rings is 1. The Bertz CT molecular complexity index is 1110. The monoisotopic (exact) mass is 387 g/mol. The van der Waals surface area contributed by atoms with Crippen molar-refractivity contribution in [3.05, 3.63) is 61.6 Å². The Hall–Kier alpha value is -2.71. The number of ether oxygens (including phenoxy) is 1. The molecule has 1 aromatic carbocycles. The van der Waals surface area contributed by atoms with Crippen molar-refractivity contribution >= 4 is 27.5 Å². The average molecular weight is 387 g/mol. The van der Waals surface area contributed by atoms with E-state index in [1.54, 1.807) is 24.6 Å². The number of nitrogens with zero attached hydrogens (tertiary/aromatic N) is 2. The van der Waals surface area contributed by atoms with Gasteiger partial charge in [0.25, 0.3) is 5.56 Å². The smallest absolute Gasteiger partial charge is 0.336 e. The van der Waals surface area contributed by atoms with E-state index in [1.165, 1.54) is 15.9 Å². The summed E-state index contributed by atoms with van der Waals surface area (Å²) in [4.78, 5) is 38.4. The number of amides is 1. The highest BCUT2D eigenvalue weighted by Crippen LogP contribution is 2.18. The number of carbonyl (C=O) groups is 1. The van der Waals surface area contributed by atoms with Crippen molar-refractivity contribution < 1.29 is 9.53 Å². The molecule has 27 heavy (non-hydrogen) atoms. The molecule has 0 unspecified atom stereocenters. The molecule has 1 amide bonds. The van der Waals surface area contributed by atoms with Crippen LogP contribution >= 0.6 is 11.3 Å². The van der Waals surface area contributed by atoms with Gasteiger partial charge in [-0.15, -0.1) is 11.3 Å². The quantitative estimate of drug-likeness (QED) is 0.651. The van der Waals surface area contributed by atoms with Crippen molar-refractivity contribution in [1.82, 2.24) is 14.5 Å². The van der Waals surface area contributed by atoms with Gasteiger partial charge in [0.1, 0.15) is 11.2 Å². The average Bonchev–Trinajstić information content (AvgIpc) is 3.12. The third-order valence-corrected chi connectivity index (χ3v) is 5.18. The molecule has 0 saturated carbocycles. The van der Waals surface area contributed by atoms with Crippen molar-refractivity contribution in [2.75, 3.05) is 20.3 Å². The summed E-state index contributed by atoms with van der Waals surface area (Å²) in [5.74, 6) is -0.312. The van der Waals surface area contributed by atoms with Crippen LogP contribution in [0.3, 0.4) is 0 Å². The first-order valence-electron chi connectivity index (χ1n) is 8.50. The Balaban J connectivity index is 2.16. The van der Waals surface area contributed by atoms with Gasteiger partial charge in [-0.25, -0.2) is 9.36 Å². The number of thiophene rings is 1. The van der Waals surface area contributed by atoms with E-state index in [1.807, 2.05) is 26.0 Å². The molecule has 3 rings (SSSR count). The highest BCUT2D eigenvalue weighted by Gasteiger charge is 2.18. The minimum atomic E-state index is -0.526. The molecule has 0 bridgehead atoms. The van der Waals surface area contributed by atoms with Gasteiger partial charge in [-0.3, -0.25) is 14.2 Å². The molecule has 0 aliphatic rings. The molecule has 142 valence electrons. The second-order valence-electron chi connectivity index (χ2n) is 6.28. The summed E-state index contributed by atoms with van der Waals surface area (Å²) in [5.41, 5.74) is 1.87. The maximum absolute atomic E-state index is 13.2. The first-order valence-corrected chi connectivity index (χ1v) is 9.38. The lowest BCUT2D eigenvalue weighted by Crippen LogP contribution is -2.42. The molecule has 2 aromatic heterocycles. The number of aryl methyl sites for hydroxylation is 2. The number of aromatic nitrogens is 2. The summed E-state index contributed by atoms with van der Waals surface area (Å²) in [6.07, 6.45) is 0. The van der Waals surface area contributed by atoms with Crippen molar-refractivity contribution in [2.45, 2.75) is 20.4 Å². The highest BCUT2D eigenvalue weighted by atomic mass is 32.1. The fourth-order valence-corrected chi connectivity index (χ4v) is 3.73. The third kappa shape index (κ3) is 3.72. The molecule has 0 radical (unpaired) electrons. The molecule has 0 spiro atoms. The molecule has 3 aromatic rings. The Labute approximate surface area is 159 Å². The second kappa shape index (κ2) is 7.89.